The van der Waals surface area contributed by atoms with Crippen molar-refractivity contribution in [3.63, 3.8) is 0 Å². The van der Waals surface area contributed by atoms with Crippen LogP contribution in [0.25, 0.3) is 0 Å². The van der Waals surface area contributed by atoms with Crippen LogP contribution in [0.4, 0.5) is 5.69 Å². The number of benzene rings is 2. The average Bonchev–Trinajstić information content (AvgIpc) is 2.46. The van der Waals surface area contributed by atoms with Gasteiger partial charge in [-0.25, -0.2) is 0 Å². The van der Waals surface area contributed by atoms with Gasteiger partial charge in [-0.1, -0.05) is 0 Å². The van der Waals surface area contributed by atoms with Crippen molar-refractivity contribution in [2.24, 2.45) is 0 Å². The number of non-ortho nitro benzene ring substituents is 1. The van der Waals surface area contributed by atoms with E-state index in [1.807, 2.05) is 0 Å². The zero-order valence-electron chi connectivity index (χ0n) is 10.7. The van der Waals surface area contributed by atoms with Gasteiger partial charge in [0, 0.05) is 31.4 Å². The normalized spacial score (nSPS) is 10.1. The molecule has 0 N–H and O–H groups in total. The highest BCUT2D eigenvalue weighted by molar-refractivity contribution is 5.40. The Hall–Kier alpha value is -2.60. The molecule has 0 spiro atoms. The molecule has 0 atom stereocenters. The molecule has 2 aromatic rings. The summed E-state index contributed by atoms with van der Waals surface area (Å²) in [4.78, 5) is 10.1. The Morgan fingerprint density at radius 2 is 1.95 bits per heavy atom. The van der Waals surface area contributed by atoms with Gasteiger partial charge in [-0.3, -0.25) is 10.1 Å². The maximum absolute atomic E-state index is 10.5. The third-order valence-electron chi connectivity index (χ3n) is 2.37. The molecule has 0 heterocycles. The summed E-state index contributed by atoms with van der Waals surface area (Å²) >= 11 is 0. The van der Waals surface area contributed by atoms with E-state index in [1.165, 1.54) is 31.4 Å². The smallest absolute Gasteiger partial charge is 0.269 e. The van der Waals surface area contributed by atoms with Crippen molar-refractivity contribution in [3.8, 4) is 17.2 Å². The number of hydrogen-bond donors (Lipinski definition) is 0. The summed E-state index contributed by atoms with van der Waals surface area (Å²) < 4.78 is 15.6. The molecule has 0 aliphatic carbocycles. The van der Waals surface area contributed by atoms with Gasteiger partial charge in [-0.15, -0.1) is 0 Å². The molecule has 0 saturated heterocycles. The largest absolute Gasteiger partial charge is 0.467 e. The molecule has 0 fully saturated rings. The minimum absolute atomic E-state index is 0.0125. The fraction of sp³-hybridized carbons (Fsp3) is 0.143. The highest BCUT2D eigenvalue weighted by Crippen LogP contribution is 2.26. The number of nitro benzene ring substituents is 1. The molecule has 1 radical (unpaired) electrons. The van der Waals surface area contributed by atoms with E-state index >= 15 is 0 Å². The molecular weight excluding hydrogens is 262 g/mol. The first-order chi connectivity index (χ1) is 9.69. The molecule has 0 bridgehead atoms. The lowest BCUT2D eigenvalue weighted by Gasteiger charge is -2.08. The Bertz CT molecular complexity index is 582. The lowest BCUT2D eigenvalue weighted by molar-refractivity contribution is -0.384. The van der Waals surface area contributed by atoms with Crippen LogP contribution in [-0.2, 0) is 4.74 Å². The van der Waals surface area contributed by atoms with E-state index in [1.54, 1.807) is 18.2 Å². The van der Waals surface area contributed by atoms with Crippen LogP contribution in [0, 0.1) is 16.2 Å². The average molecular weight is 274 g/mol. The number of hydrogen-bond acceptors (Lipinski definition) is 5. The standard InChI is InChI=1S/C14H12NO5/c1-18-10-19-13-3-2-4-14(9-13)20-12-7-5-11(6-8-12)15(16)17/h2-3,5-9H,10H2,1H3. The zero-order valence-corrected chi connectivity index (χ0v) is 10.7. The van der Waals surface area contributed by atoms with Crippen LogP contribution in [0.2, 0.25) is 0 Å². The highest BCUT2D eigenvalue weighted by Gasteiger charge is 2.05. The second kappa shape index (κ2) is 6.53. The van der Waals surface area contributed by atoms with E-state index in [2.05, 4.69) is 6.07 Å². The Balaban J connectivity index is 2.07. The Labute approximate surface area is 115 Å². The zero-order chi connectivity index (χ0) is 14.4. The quantitative estimate of drug-likeness (QED) is 0.459. The predicted molar refractivity (Wildman–Crippen MR) is 71.0 cm³/mol. The van der Waals surface area contributed by atoms with Crippen molar-refractivity contribution < 1.29 is 19.1 Å². The first-order valence-electron chi connectivity index (χ1n) is 5.75. The summed E-state index contributed by atoms with van der Waals surface area (Å²) in [5.41, 5.74) is 0.0125. The number of ether oxygens (including phenoxy) is 3. The van der Waals surface area contributed by atoms with E-state index in [-0.39, 0.29) is 12.5 Å². The fourth-order valence-corrected chi connectivity index (χ4v) is 1.46. The molecule has 0 aliphatic rings. The van der Waals surface area contributed by atoms with Crippen molar-refractivity contribution >= 4 is 5.69 Å². The Morgan fingerprint density at radius 1 is 1.20 bits per heavy atom. The van der Waals surface area contributed by atoms with Gasteiger partial charge in [-0.2, -0.15) is 0 Å². The Morgan fingerprint density at radius 3 is 2.60 bits per heavy atom. The minimum atomic E-state index is -0.463. The summed E-state index contributed by atoms with van der Waals surface area (Å²) in [6.07, 6.45) is 0. The van der Waals surface area contributed by atoms with Crippen LogP contribution in [0.5, 0.6) is 17.2 Å². The van der Waals surface area contributed by atoms with Gasteiger partial charge in [0.2, 0.25) is 0 Å². The van der Waals surface area contributed by atoms with Crippen molar-refractivity contribution in [1.29, 1.82) is 0 Å². The van der Waals surface area contributed by atoms with Gasteiger partial charge in [0.05, 0.1) is 4.92 Å². The number of nitro groups is 1. The van der Waals surface area contributed by atoms with Crippen LogP contribution in [0.1, 0.15) is 0 Å². The van der Waals surface area contributed by atoms with E-state index in [0.717, 1.165) is 0 Å². The third kappa shape index (κ3) is 3.69. The molecule has 2 rings (SSSR count). The van der Waals surface area contributed by atoms with Crippen molar-refractivity contribution in [3.05, 3.63) is 58.6 Å². The maximum Gasteiger partial charge on any atom is 0.269 e. The van der Waals surface area contributed by atoms with Gasteiger partial charge >= 0.3 is 0 Å². The van der Waals surface area contributed by atoms with E-state index < -0.39 is 4.92 Å². The Kier molecular flexibility index (Phi) is 4.52. The molecule has 2 aromatic carbocycles. The molecule has 0 aromatic heterocycles. The van der Waals surface area contributed by atoms with Gasteiger partial charge < -0.3 is 14.2 Å². The lowest BCUT2D eigenvalue weighted by Crippen LogP contribution is -1.98. The summed E-state index contributed by atoms with van der Waals surface area (Å²) in [7, 11) is 1.53. The molecule has 6 heteroatoms. The molecule has 20 heavy (non-hydrogen) atoms. The van der Waals surface area contributed by atoms with Crippen LogP contribution in [0.3, 0.4) is 0 Å². The minimum Gasteiger partial charge on any atom is -0.467 e. The molecule has 6 nitrogen and oxygen atoms in total. The molecule has 0 unspecified atom stereocenters. The van der Waals surface area contributed by atoms with Crippen LogP contribution >= 0.6 is 0 Å². The lowest BCUT2D eigenvalue weighted by atomic mass is 10.3. The molecule has 0 saturated carbocycles. The van der Waals surface area contributed by atoms with Crippen LogP contribution < -0.4 is 9.47 Å². The van der Waals surface area contributed by atoms with Crippen LogP contribution in [0.15, 0.2) is 42.5 Å². The van der Waals surface area contributed by atoms with E-state index in [9.17, 15) is 10.1 Å². The van der Waals surface area contributed by atoms with Gasteiger partial charge in [0.1, 0.15) is 17.2 Å². The highest BCUT2D eigenvalue weighted by atomic mass is 16.7. The first kappa shape index (κ1) is 13.8. The summed E-state index contributed by atoms with van der Waals surface area (Å²) in [6.45, 7) is 0.140. The summed E-state index contributed by atoms with van der Waals surface area (Å²) in [5.74, 6) is 1.52. The SMILES string of the molecule is COCOc1cc[c]c(Oc2ccc([N+](=O)[O-])cc2)c1. The number of rotatable bonds is 6. The van der Waals surface area contributed by atoms with Crippen molar-refractivity contribution in [2.75, 3.05) is 13.9 Å². The molecule has 103 valence electrons. The third-order valence-corrected chi connectivity index (χ3v) is 2.37. The van der Waals surface area contributed by atoms with E-state index in [4.69, 9.17) is 14.2 Å². The van der Waals surface area contributed by atoms with Gasteiger partial charge in [-0.05, 0) is 24.3 Å². The second-order valence-electron chi connectivity index (χ2n) is 3.79. The monoisotopic (exact) mass is 274 g/mol. The number of methoxy groups -OCH3 is 1. The topological polar surface area (TPSA) is 70.8 Å². The summed E-state index contributed by atoms with van der Waals surface area (Å²) in [5, 5.41) is 10.5. The van der Waals surface area contributed by atoms with Crippen molar-refractivity contribution in [1.82, 2.24) is 0 Å². The fourth-order valence-electron chi connectivity index (χ4n) is 1.46. The second-order valence-corrected chi connectivity index (χ2v) is 3.79. The first-order valence-corrected chi connectivity index (χ1v) is 5.75. The summed E-state index contributed by atoms with van der Waals surface area (Å²) in [6, 6.07) is 13.7. The van der Waals surface area contributed by atoms with Gasteiger partial charge in [0.15, 0.2) is 6.79 Å². The van der Waals surface area contributed by atoms with Crippen molar-refractivity contribution in [2.45, 2.75) is 0 Å². The van der Waals surface area contributed by atoms with Crippen LogP contribution in [-0.4, -0.2) is 18.8 Å². The van der Waals surface area contributed by atoms with Gasteiger partial charge in [0.25, 0.3) is 5.69 Å². The molecule has 0 amide bonds. The molecular formula is C14H12NO5. The molecule has 0 aliphatic heterocycles. The van der Waals surface area contributed by atoms with E-state index in [0.29, 0.717) is 17.2 Å². The predicted octanol–water partition coefficient (Wildman–Crippen LogP) is 3.17. The number of nitrogens with zero attached hydrogens (tertiary/aromatic N) is 1. The maximum atomic E-state index is 10.5.